The van der Waals surface area contributed by atoms with Gasteiger partial charge in [0.25, 0.3) is 6.08 Å². The van der Waals surface area contributed by atoms with Crippen molar-refractivity contribution in [2.45, 2.75) is 6.18 Å². The van der Waals surface area contributed by atoms with Gasteiger partial charge >= 0.3 is 12.1 Å². The second-order valence-corrected chi connectivity index (χ2v) is 3.02. The normalized spacial score (nSPS) is 11.1. The molecule has 1 aromatic carbocycles. The summed E-state index contributed by atoms with van der Waals surface area (Å²) in [7, 11) is 0. The first-order valence-corrected chi connectivity index (χ1v) is 4.19. The third-order valence-corrected chi connectivity index (χ3v) is 1.87. The number of rotatable bonds is 2. The summed E-state index contributed by atoms with van der Waals surface area (Å²) in [4.78, 5) is 10.5. The Kier molecular flexibility index (Phi) is 3.50. The Morgan fingerprint density at radius 2 is 1.65 bits per heavy atom. The summed E-state index contributed by atoms with van der Waals surface area (Å²) in [6.07, 6.45) is -8.14. The van der Waals surface area contributed by atoms with Crippen molar-refractivity contribution in [1.29, 1.82) is 0 Å². The third-order valence-electron chi connectivity index (χ3n) is 1.87. The van der Waals surface area contributed by atoms with Crippen LogP contribution in [0.25, 0.3) is 5.57 Å². The fourth-order valence-electron chi connectivity index (χ4n) is 1.19. The summed E-state index contributed by atoms with van der Waals surface area (Å²) in [5.74, 6) is -1.49. The van der Waals surface area contributed by atoms with Crippen molar-refractivity contribution in [2.24, 2.45) is 0 Å². The van der Waals surface area contributed by atoms with Gasteiger partial charge in [-0.25, -0.2) is 4.79 Å². The molecule has 0 amide bonds. The molecule has 0 aliphatic rings. The Bertz CT molecular complexity index is 472. The fraction of sp³-hybridized carbons (Fsp3) is 0.100. The predicted molar refractivity (Wildman–Crippen MR) is 48.6 cm³/mol. The van der Waals surface area contributed by atoms with E-state index in [1.165, 1.54) is 0 Å². The molecule has 7 heteroatoms. The molecular formula is C10H5F5O2. The van der Waals surface area contributed by atoms with Crippen LogP contribution in [0.5, 0.6) is 0 Å². The van der Waals surface area contributed by atoms with E-state index in [2.05, 4.69) is 0 Å². The lowest BCUT2D eigenvalue weighted by molar-refractivity contribution is -0.0711. The molecule has 0 atom stereocenters. The van der Waals surface area contributed by atoms with E-state index in [0.717, 1.165) is 18.2 Å². The standard InChI is InChI=1S/C10H5F5O2/c11-8(12)7(10(13,14)15)5-2-1-3-6(4-5)9(16)17/h1-4H,(H,16,17). The molecule has 0 radical (unpaired) electrons. The van der Waals surface area contributed by atoms with Gasteiger partial charge in [0.2, 0.25) is 0 Å². The van der Waals surface area contributed by atoms with Crippen LogP contribution in [0.4, 0.5) is 22.0 Å². The molecule has 92 valence electrons. The minimum absolute atomic E-state index is 0.495. The van der Waals surface area contributed by atoms with E-state index in [4.69, 9.17) is 5.11 Å². The van der Waals surface area contributed by atoms with Crippen molar-refractivity contribution in [1.82, 2.24) is 0 Å². The number of allylic oxidation sites excluding steroid dienone is 1. The van der Waals surface area contributed by atoms with Gasteiger partial charge in [-0.2, -0.15) is 22.0 Å². The highest BCUT2D eigenvalue weighted by atomic mass is 19.4. The fourth-order valence-corrected chi connectivity index (χ4v) is 1.19. The molecule has 0 aliphatic carbocycles. The minimum atomic E-state index is -5.24. The summed E-state index contributed by atoms with van der Waals surface area (Å²) < 4.78 is 61.4. The van der Waals surface area contributed by atoms with Crippen molar-refractivity contribution >= 4 is 11.5 Å². The first-order chi connectivity index (χ1) is 7.73. The number of carboxylic acid groups (broad SMARTS) is 1. The minimum Gasteiger partial charge on any atom is -0.478 e. The van der Waals surface area contributed by atoms with Gasteiger partial charge < -0.3 is 5.11 Å². The van der Waals surface area contributed by atoms with Crippen LogP contribution in [0.3, 0.4) is 0 Å². The highest BCUT2D eigenvalue weighted by molar-refractivity contribution is 5.89. The Labute approximate surface area is 92.0 Å². The number of hydrogen-bond acceptors (Lipinski definition) is 1. The summed E-state index contributed by atoms with van der Waals surface area (Å²) in [6.45, 7) is 0. The van der Waals surface area contributed by atoms with E-state index < -0.39 is 34.9 Å². The van der Waals surface area contributed by atoms with E-state index in [0.29, 0.717) is 6.07 Å². The molecule has 17 heavy (non-hydrogen) atoms. The smallest absolute Gasteiger partial charge is 0.422 e. The van der Waals surface area contributed by atoms with E-state index in [-0.39, 0.29) is 0 Å². The molecule has 0 fully saturated rings. The van der Waals surface area contributed by atoms with Crippen LogP contribution in [0, 0.1) is 0 Å². The maximum Gasteiger partial charge on any atom is 0.422 e. The summed E-state index contributed by atoms with van der Waals surface area (Å²) in [5.41, 5.74) is -3.50. The molecule has 1 N–H and O–H groups in total. The van der Waals surface area contributed by atoms with Crippen molar-refractivity contribution in [3.8, 4) is 0 Å². The largest absolute Gasteiger partial charge is 0.478 e. The first kappa shape index (κ1) is 13.1. The average Bonchev–Trinajstić information content (AvgIpc) is 2.15. The lowest BCUT2D eigenvalue weighted by atomic mass is 10.0. The Balaban J connectivity index is 3.37. The van der Waals surface area contributed by atoms with Crippen LogP contribution in [0.15, 0.2) is 30.3 Å². The molecule has 2 nitrogen and oxygen atoms in total. The maximum absolute atomic E-state index is 12.3. The SMILES string of the molecule is O=C(O)c1cccc(C(=C(F)F)C(F)(F)F)c1. The molecule has 0 aliphatic heterocycles. The zero-order chi connectivity index (χ0) is 13.2. The average molecular weight is 252 g/mol. The van der Waals surface area contributed by atoms with Crippen LogP contribution < -0.4 is 0 Å². The molecule has 1 aromatic rings. The van der Waals surface area contributed by atoms with E-state index >= 15 is 0 Å². The molecule has 0 spiro atoms. The second-order valence-electron chi connectivity index (χ2n) is 3.02. The van der Waals surface area contributed by atoms with Gasteiger partial charge in [0.15, 0.2) is 0 Å². The molecule has 0 saturated heterocycles. The topological polar surface area (TPSA) is 37.3 Å². The number of carboxylic acids is 1. The van der Waals surface area contributed by atoms with Gasteiger partial charge in [-0.15, -0.1) is 0 Å². The quantitative estimate of drug-likeness (QED) is 0.817. The number of hydrogen-bond donors (Lipinski definition) is 1. The van der Waals surface area contributed by atoms with Gasteiger partial charge in [-0.3, -0.25) is 0 Å². The zero-order valence-electron chi connectivity index (χ0n) is 8.05. The summed E-state index contributed by atoms with van der Waals surface area (Å²) >= 11 is 0. The highest BCUT2D eigenvalue weighted by Crippen LogP contribution is 2.37. The molecule has 0 saturated carbocycles. The number of carbonyl (C=O) groups is 1. The van der Waals surface area contributed by atoms with Crippen molar-refractivity contribution in [3.05, 3.63) is 41.5 Å². The second kappa shape index (κ2) is 4.52. The van der Waals surface area contributed by atoms with Crippen molar-refractivity contribution in [2.75, 3.05) is 0 Å². The molecule has 0 aromatic heterocycles. The van der Waals surface area contributed by atoms with Gasteiger partial charge in [-0.05, 0) is 17.7 Å². The number of benzene rings is 1. The van der Waals surface area contributed by atoms with Gasteiger partial charge in [0, 0.05) is 0 Å². The number of aromatic carboxylic acids is 1. The van der Waals surface area contributed by atoms with Crippen molar-refractivity contribution < 1.29 is 31.9 Å². The molecular weight excluding hydrogens is 247 g/mol. The Hall–Kier alpha value is -1.92. The van der Waals surface area contributed by atoms with E-state index in [1.54, 1.807) is 0 Å². The lowest BCUT2D eigenvalue weighted by Crippen LogP contribution is -2.12. The Morgan fingerprint density at radius 1 is 1.12 bits per heavy atom. The highest BCUT2D eigenvalue weighted by Gasteiger charge is 2.39. The van der Waals surface area contributed by atoms with Gasteiger partial charge in [0.1, 0.15) is 5.57 Å². The van der Waals surface area contributed by atoms with Crippen LogP contribution in [-0.2, 0) is 0 Å². The van der Waals surface area contributed by atoms with E-state index in [1.807, 2.05) is 0 Å². The molecule has 1 rings (SSSR count). The third kappa shape index (κ3) is 3.02. The Morgan fingerprint density at radius 3 is 2.06 bits per heavy atom. The predicted octanol–water partition coefficient (Wildman–Crippen LogP) is 3.55. The zero-order valence-corrected chi connectivity index (χ0v) is 8.05. The van der Waals surface area contributed by atoms with Crippen LogP contribution in [-0.4, -0.2) is 17.3 Å². The lowest BCUT2D eigenvalue weighted by Gasteiger charge is -2.10. The molecule has 0 heterocycles. The van der Waals surface area contributed by atoms with Gasteiger partial charge in [-0.1, -0.05) is 12.1 Å². The maximum atomic E-state index is 12.3. The monoisotopic (exact) mass is 252 g/mol. The summed E-state index contributed by atoms with van der Waals surface area (Å²) in [5, 5.41) is 8.55. The van der Waals surface area contributed by atoms with Gasteiger partial charge in [0.05, 0.1) is 5.56 Å². The molecule has 0 unspecified atom stereocenters. The van der Waals surface area contributed by atoms with Crippen molar-refractivity contribution in [3.63, 3.8) is 0 Å². The number of halogens is 5. The summed E-state index contributed by atoms with van der Waals surface area (Å²) in [6, 6.07) is 3.29. The van der Waals surface area contributed by atoms with Crippen LogP contribution in [0.2, 0.25) is 0 Å². The first-order valence-electron chi connectivity index (χ1n) is 4.19. The number of alkyl halides is 3. The van der Waals surface area contributed by atoms with Crippen LogP contribution >= 0.6 is 0 Å². The van der Waals surface area contributed by atoms with Crippen LogP contribution in [0.1, 0.15) is 15.9 Å². The van der Waals surface area contributed by atoms with E-state index in [9.17, 15) is 26.7 Å². The molecule has 0 bridgehead atoms.